The number of aryl methyl sites for hydroxylation is 1. The van der Waals surface area contributed by atoms with E-state index in [9.17, 15) is 4.79 Å². The van der Waals surface area contributed by atoms with Gasteiger partial charge in [-0.2, -0.15) is 0 Å². The Labute approximate surface area is 112 Å². The molecule has 0 saturated carbocycles. The van der Waals surface area contributed by atoms with Gasteiger partial charge in [0.15, 0.2) is 0 Å². The largest absolute Gasteiger partial charge is 0.497 e. The molecule has 0 bridgehead atoms. The fraction of sp³-hybridized carbons (Fsp3) is 0.188. The number of ether oxygens (including phenoxy) is 2. The molecular weight excluding hydrogens is 240 g/mol. The van der Waals surface area contributed by atoms with Crippen molar-refractivity contribution in [1.82, 2.24) is 0 Å². The third kappa shape index (κ3) is 2.94. The van der Waals surface area contributed by atoms with E-state index in [0.29, 0.717) is 11.3 Å². The second-order valence-electron chi connectivity index (χ2n) is 4.31. The summed E-state index contributed by atoms with van der Waals surface area (Å²) in [5.41, 5.74) is 3.63. The van der Waals surface area contributed by atoms with Gasteiger partial charge in [-0.15, -0.1) is 0 Å². The first kappa shape index (κ1) is 13.1. The molecule has 0 aliphatic rings. The van der Waals surface area contributed by atoms with Gasteiger partial charge < -0.3 is 9.47 Å². The second-order valence-corrected chi connectivity index (χ2v) is 4.31. The molecule has 0 aliphatic carbocycles. The Morgan fingerprint density at radius 1 is 1.00 bits per heavy atom. The molecule has 0 radical (unpaired) electrons. The molecule has 0 N–H and O–H groups in total. The van der Waals surface area contributed by atoms with Crippen LogP contribution in [-0.4, -0.2) is 20.2 Å². The Balaban J connectivity index is 2.53. The van der Waals surface area contributed by atoms with Crippen molar-refractivity contribution < 1.29 is 14.3 Å². The molecule has 0 spiro atoms. The highest BCUT2D eigenvalue weighted by molar-refractivity contribution is 5.91. The Morgan fingerprint density at radius 3 is 2.42 bits per heavy atom. The van der Waals surface area contributed by atoms with Crippen LogP contribution in [0.3, 0.4) is 0 Å². The molecule has 0 aliphatic heterocycles. The van der Waals surface area contributed by atoms with E-state index in [4.69, 9.17) is 9.47 Å². The van der Waals surface area contributed by atoms with Gasteiger partial charge in [-0.05, 0) is 36.2 Å². The van der Waals surface area contributed by atoms with Crippen LogP contribution in [0, 0.1) is 6.92 Å². The molecular formula is C16H16O3. The molecule has 98 valence electrons. The number of hydrogen-bond donors (Lipinski definition) is 0. The summed E-state index contributed by atoms with van der Waals surface area (Å²) in [5, 5.41) is 0. The molecule has 2 aromatic rings. The molecule has 0 aromatic heterocycles. The summed E-state index contributed by atoms with van der Waals surface area (Å²) in [6.07, 6.45) is 0. The van der Waals surface area contributed by atoms with Crippen LogP contribution >= 0.6 is 0 Å². The Hall–Kier alpha value is -2.29. The maximum Gasteiger partial charge on any atom is 0.338 e. The number of benzene rings is 2. The average Bonchev–Trinajstić information content (AvgIpc) is 2.45. The summed E-state index contributed by atoms with van der Waals surface area (Å²) in [6.45, 7) is 2.03. The van der Waals surface area contributed by atoms with Crippen LogP contribution in [0.25, 0.3) is 11.1 Å². The van der Waals surface area contributed by atoms with Crippen LogP contribution in [0.1, 0.15) is 15.9 Å². The van der Waals surface area contributed by atoms with Gasteiger partial charge in [0.2, 0.25) is 0 Å². The van der Waals surface area contributed by atoms with Crippen molar-refractivity contribution in [2.75, 3.05) is 14.2 Å². The van der Waals surface area contributed by atoms with Crippen molar-refractivity contribution >= 4 is 5.97 Å². The SMILES string of the molecule is COC(=O)c1cc(OC)cc(-c2cccc(C)c2)c1. The number of methoxy groups -OCH3 is 2. The first-order chi connectivity index (χ1) is 9.13. The predicted octanol–water partition coefficient (Wildman–Crippen LogP) is 3.46. The molecule has 19 heavy (non-hydrogen) atoms. The van der Waals surface area contributed by atoms with Crippen molar-refractivity contribution in [2.45, 2.75) is 6.92 Å². The maximum atomic E-state index is 11.7. The van der Waals surface area contributed by atoms with E-state index in [1.165, 1.54) is 12.7 Å². The summed E-state index contributed by atoms with van der Waals surface area (Å²) in [4.78, 5) is 11.7. The highest BCUT2D eigenvalue weighted by Gasteiger charge is 2.10. The van der Waals surface area contributed by atoms with Gasteiger partial charge >= 0.3 is 5.97 Å². The van der Waals surface area contributed by atoms with Gasteiger partial charge in [-0.25, -0.2) is 4.79 Å². The molecule has 0 heterocycles. The lowest BCUT2D eigenvalue weighted by Crippen LogP contribution is -2.02. The minimum atomic E-state index is -0.368. The zero-order valence-electron chi connectivity index (χ0n) is 11.3. The number of carbonyl (C=O) groups is 1. The van der Waals surface area contributed by atoms with E-state index in [1.54, 1.807) is 13.2 Å². The van der Waals surface area contributed by atoms with Crippen LogP contribution in [0.2, 0.25) is 0 Å². The first-order valence-corrected chi connectivity index (χ1v) is 5.98. The molecule has 3 heteroatoms. The van der Waals surface area contributed by atoms with E-state index in [1.807, 2.05) is 37.3 Å². The van der Waals surface area contributed by atoms with Crippen molar-refractivity contribution in [2.24, 2.45) is 0 Å². The van der Waals surface area contributed by atoms with Gasteiger partial charge in [0.25, 0.3) is 0 Å². The van der Waals surface area contributed by atoms with E-state index in [0.717, 1.165) is 11.1 Å². The van der Waals surface area contributed by atoms with Gasteiger partial charge in [0.05, 0.1) is 19.8 Å². The van der Waals surface area contributed by atoms with Crippen molar-refractivity contribution in [3.63, 3.8) is 0 Å². The lowest BCUT2D eigenvalue weighted by atomic mass is 10.0. The molecule has 2 aromatic carbocycles. The minimum Gasteiger partial charge on any atom is -0.497 e. The minimum absolute atomic E-state index is 0.368. The first-order valence-electron chi connectivity index (χ1n) is 5.98. The smallest absolute Gasteiger partial charge is 0.338 e. The average molecular weight is 256 g/mol. The standard InChI is InChI=1S/C16H16O3/c1-11-5-4-6-12(7-11)13-8-14(16(17)19-3)10-15(9-13)18-2/h4-10H,1-3H3. The van der Waals surface area contributed by atoms with E-state index < -0.39 is 0 Å². The van der Waals surface area contributed by atoms with Crippen LogP contribution in [0.4, 0.5) is 0 Å². The summed E-state index contributed by atoms with van der Waals surface area (Å²) in [7, 11) is 2.95. The van der Waals surface area contributed by atoms with Crippen molar-refractivity contribution in [1.29, 1.82) is 0 Å². The third-order valence-corrected chi connectivity index (χ3v) is 2.91. The fourth-order valence-corrected chi connectivity index (χ4v) is 1.94. The van der Waals surface area contributed by atoms with Gasteiger partial charge in [-0.3, -0.25) is 0 Å². The summed E-state index contributed by atoms with van der Waals surface area (Å²) in [6, 6.07) is 13.5. The molecule has 2 rings (SSSR count). The normalized spacial score (nSPS) is 10.1. The Morgan fingerprint density at radius 2 is 1.79 bits per heavy atom. The van der Waals surface area contributed by atoms with Crippen LogP contribution < -0.4 is 4.74 Å². The molecule has 0 unspecified atom stereocenters. The highest BCUT2D eigenvalue weighted by atomic mass is 16.5. The Kier molecular flexibility index (Phi) is 3.85. The van der Waals surface area contributed by atoms with Crippen LogP contribution in [-0.2, 0) is 4.74 Å². The molecule has 0 saturated heterocycles. The van der Waals surface area contributed by atoms with E-state index in [2.05, 4.69) is 6.07 Å². The van der Waals surface area contributed by atoms with Crippen LogP contribution in [0.15, 0.2) is 42.5 Å². The van der Waals surface area contributed by atoms with Gasteiger partial charge in [-0.1, -0.05) is 29.8 Å². The number of esters is 1. The predicted molar refractivity (Wildman–Crippen MR) is 74.5 cm³/mol. The van der Waals surface area contributed by atoms with Gasteiger partial charge in [0, 0.05) is 0 Å². The molecule has 0 amide bonds. The second kappa shape index (κ2) is 5.57. The summed E-state index contributed by atoms with van der Waals surface area (Å²) >= 11 is 0. The number of rotatable bonds is 3. The third-order valence-electron chi connectivity index (χ3n) is 2.91. The zero-order valence-corrected chi connectivity index (χ0v) is 11.3. The quantitative estimate of drug-likeness (QED) is 0.789. The highest BCUT2D eigenvalue weighted by Crippen LogP contribution is 2.27. The van der Waals surface area contributed by atoms with Crippen LogP contribution in [0.5, 0.6) is 5.75 Å². The molecule has 3 nitrogen and oxygen atoms in total. The van der Waals surface area contributed by atoms with Crippen molar-refractivity contribution in [3.05, 3.63) is 53.6 Å². The molecule has 0 atom stereocenters. The lowest BCUT2D eigenvalue weighted by Gasteiger charge is -2.09. The summed E-state index contributed by atoms with van der Waals surface area (Å²) < 4.78 is 9.99. The van der Waals surface area contributed by atoms with E-state index >= 15 is 0 Å². The lowest BCUT2D eigenvalue weighted by molar-refractivity contribution is 0.0600. The summed E-state index contributed by atoms with van der Waals surface area (Å²) in [5.74, 6) is 0.271. The fourth-order valence-electron chi connectivity index (χ4n) is 1.94. The number of hydrogen-bond acceptors (Lipinski definition) is 3. The van der Waals surface area contributed by atoms with Gasteiger partial charge in [0.1, 0.15) is 5.75 Å². The number of carbonyl (C=O) groups excluding carboxylic acids is 1. The zero-order chi connectivity index (χ0) is 13.8. The monoisotopic (exact) mass is 256 g/mol. The van der Waals surface area contributed by atoms with E-state index in [-0.39, 0.29) is 5.97 Å². The Bertz CT molecular complexity index is 603. The maximum absolute atomic E-state index is 11.7. The molecule has 0 fully saturated rings. The topological polar surface area (TPSA) is 35.5 Å². The van der Waals surface area contributed by atoms with Crippen molar-refractivity contribution in [3.8, 4) is 16.9 Å².